The summed E-state index contributed by atoms with van der Waals surface area (Å²) >= 11 is 5.78. The van der Waals surface area contributed by atoms with Crippen molar-refractivity contribution in [3.8, 4) is 0 Å². The Morgan fingerprint density at radius 1 is 1.61 bits per heavy atom. The highest BCUT2D eigenvalue weighted by Gasteiger charge is 2.28. The lowest BCUT2D eigenvalue weighted by molar-refractivity contribution is -0.389. The maximum atomic E-state index is 11.8. The zero-order chi connectivity index (χ0) is 17.0. The number of nitro groups is 1. The van der Waals surface area contributed by atoms with Gasteiger partial charge < -0.3 is 20.0 Å². The van der Waals surface area contributed by atoms with E-state index in [2.05, 4.69) is 4.98 Å². The fourth-order valence-corrected chi connectivity index (χ4v) is 2.09. The number of aromatic nitrogens is 2. The van der Waals surface area contributed by atoms with E-state index >= 15 is 0 Å². The van der Waals surface area contributed by atoms with Gasteiger partial charge in [-0.15, -0.1) is 0 Å². The van der Waals surface area contributed by atoms with E-state index in [1.807, 2.05) is 0 Å². The first kappa shape index (κ1) is 17.0. The molecule has 2 rings (SSSR count). The fraction of sp³-hybridized carbons (Fsp3) is 0.385. The van der Waals surface area contributed by atoms with E-state index < -0.39 is 22.4 Å². The highest BCUT2D eigenvalue weighted by atomic mass is 35.5. The average Bonchev–Trinajstić information content (AvgIpc) is 2.86. The Hall–Kier alpha value is -2.39. The van der Waals surface area contributed by atoms with Crippen LogP contribution in [0.15, 0.2) is 30.6 Å². The highest BCUT2D eigenvalue weighted by Crippen LogP contribution is 2.19. The molecule has 0 bridgehead atoms. The van der Waals surface area contributed by atoms with E-state index in [9.17, 15) is 20.0 Å². The third kappa shape index (κ3) is 4.54. The van der Waals surface area contributed by atoms with Gasteiger partial charge in [-0.1, -0.05) is 12.2 Å². The number of amides is 1. The van der Waals surface area contributed by atoms with Gasteiger partial charge in [-0.25, -0.2) is 4.79 Å². The summed E-state index contributed by atoms with van der Waals surface area (Å²) in [7, 11) is 0. The van der Waals surface area contributed by atoms with Gasteiger partial charge in [0.05, 0.1) is 6.54 Å². The van der Waals surface area contributed by atoms with E-state index in [1.54, 1.807) is 24.4 Å². The van der Waals surface area contributed by atoms with Crippen LogP contribution in [0.25, 0.3) is 0 Å². The van der Waals surface area contributed by atoms with Gasteiger partial charge in [0.25, 0.3) is 0 Å². The smallest absolute Gasteiger partial charge is 0.414 e. The monoisotopic (exact) mass is 342 g/mol. The molecule has 1 unspecified atom stereocenters. The second kappa shape index (κ2) is 6.80. The molecular weight excluding hydrogens is 328 g/mol. The second-order valence-corrected chi connectivity index (χ2v) is 5.56. The van der Waals surface area contributed by atoms with Crippen LogP contribution in [0.1, 0.15) is 6.92 Å². The molecule has 10 heteroatoms. The number of hydrogen-bond donors (Lipinski definition) is 1. The predicted octanol–water partition coefficient (Wildman–Crippen LogP) is 1.72. The van der Waals surface area contributed by atoms with E-state index in [0.29, 0.717) is 6.54 Å². The first-order chi connectivity index (χ1) is 10.8. The number of nitrogens with zero attached hydrogens (tertiary/aromatic N) is 4. The first-order valence-corrected chi connectivity index (χ1v) is 7.02. The van der Waals surface area contributed by atoms with Crippen molar-refractivity contribution in [1.29, 1.82) is 0 Å². The normalized spacial score (nSPS) is 16.2. The number of rotatable bonds is 5. The van der Waals surface area contributed by atoms with Crippen LogP contribution in [0.4, 0.5) is 10.6 Å². The number of hydrogen-bond acceptors (Lipinski definition) is 6. The lowest BCUT2D eigenvalue weighted by Crippen LogP contribution is -2.39. The third-order valence-electron chi connectivity index (χ3n) is 2.97. The minimum absolute atomic E-state index is 0.115. The summed E-state index contributed by atoms with van der Waals surface area (Å²) in [6.45, 7) is 1.39. The molecule has 1 aromatic heterocycles. The third-order valence-corrected chi connectivity index (χ3v) is 3.27. The largest absolute Gasteiger partial charge is 0.446 e. The lowest BCUT2D eigenvalue weighted by Gasteiger charge is -2.25. The van der Waals surface area contributed by atoms with E-state index in [1.165, 1.54) is 16.4 Å². The second-order valence-electron chi connectivity index (χ2n) is 5.23. The van der Waals surface area contributed by atoms with Crippen molar-refractivity contribution in [2.75, 3.05) is 13.2 Å². The van der Waals surface area contributed by atoms with E-state index in [-0.39, 0.29) is 18.4 Å². The van der Waals surface area contributed by atoms with Crippen LogP contribution in [0.3, 0.4) is 0 Å². The summed E-state index contributed by atoms with van der Waals surface area (Å²) in [5.74, 6) is -0.423. The van der Waals surface area contributed by atoms with Gasteiger partial charge in [0.1, 0.15) is 18.4 Å². The standard InChI is InChI=1S/C13H15ClN4O5/c1-13(20,8-17-7-10(18(21)22)15-11(17)14)9-23-12(19)16-5-3-2-4-6-16/h2-5,7,20H,6,8-9H2,1H3. The summed E-state index contributed by atoms with van der Waals surface area (Å²) < 4.78 is 6.27. The van der Waals surface area contributed by atoms with Crippen molar-refractivity contribution in [3.63, 3.8) is 0 Å². The van der Waals surface area contributed by atoms with Crippen molar-refractivity contribution in [2.45, 2.75) is 19.1 Å². The molecule has 124 valence electrons. The van der Waals surface area contributed by atoms with Gasteiger partial charge >= 0.3 is 17.2 Å². The maximum absolute atomic E-state index is 11.8. The molecule has 1 N–H and O–H groups in total. The number of aliphatic hydroxyl groups is 1. The number of carbonyl (C=O) groups excluding carboxylic acids is 1. The van der Waals surface area contributed by atoms with Crippen LogP contribution in [-0.2, 0) is 11.3 Å². The predicted molar refractivity (Wildman–Crippen MR) is 80.8 cm³/mol. The molecule has 1 atom stereocenters. The molecule has 0 saturated carbocycles. The topological polar surface area (TPSA) is 111 Å². The van der Waals surface area contributed by atoms with Crippen molar-refractivity contribution in [2.24, 2.45) is 0 Å². The van der Waals surface area contributed by atoms with Gasteiger partial charge in [0, 0.05) is 12.7 Å². The molecule has 9 nitrogen and oxygen atoms in total. The lowest BCUT2D eigenvalue weighted by atomic mass is 10.1. The summed E-state index contributed by atoms with van der Waals surface area (Å²) in [6.07, 6.45) is 7.34. The van der Waals surface area contributed by atoms with Crippen molar-refractivity contribution < 1.29 is 19.6 Å². The Bertz CT molecular complexity index is 667. The van der Waals surface area contributed by atoms with Gasteiger partial charge in [0.15, 0.2) is 0 Å². The Balaban J connectivity index is 1.93. The van der Waals surface area contributed by atoms with Crippen LogP contribution in [-0.4, -0.2) is 49.3 Å². The molecule has 0 fully saturated rings. The summed E-state index contributed by atoms with van der Waals surface area (Å²) in [4.78, 5) is 26.7. The molecular formula is C13H15ClN4O5. The molecule has 0 saturated heterocycles. The van der Waals surface area contributed by atoms with Crippen LogP contribution in [0.5, 0.6) is 0 Å². The molecule has 0 aliphatic carbocycles. The first-order valence-electron chi connectivity index (χ1n) is 6.65. The number of halogens is 1. The molecule has 1 aliphatic heterocycles. The molecule has 2 heterocycles. The minimum Gasteiger partial charge on any atom is -0.446 e. The number of allylic oxidation sites excluding steroid dienone is 2. The quantitative estimate of drug-likeness (QED) is 0.644. The molecule has 1 amide bonds. The minimum atomic E-state index is -1.47. The van der Waals surface area contributed by atoms with Crippen LogP contribution >= 0.6 is 11.6 Å². The van der Waals surface area contributed by atoms with E-state index in [4.69, 9.17) is 16.3 Å². The SMILES string of the molecule is CC(O)(COC(=O)N1C=CC=CC1)Cn1cc([N+](=O)[O-])nc1Cl. The zero-order valence-electron chi connectivity index (χ0n) is 12.3. The van der Waals surface area contributed by atoms with Gasteiger partial charge in [-0.05, 0) is 34.5 Å². The van der Waals surface area contributed by atoms with Gasteiger partial charge in [-0.3, -0.25) is 9.47 Å². The van der Waals surface area contributed by atoms with E-state index in [0.717, 1.165) is 6.20 Å². The van der Waals surface area contributed by atoms with Crippen LogP contribution in [0.2, 0.25) is 5.28 Å². The molecule has 1 aromatic rings. The Labute approximate surface area is 136 Å². The van der Waals surface area contributed by atoms with Gasteiger partial charge in [-0.2, -0.15) is 0 Å². The fourth-order valence-electron chi connectivity index (χ4n) is 1.89. The molecule has 0 radical (unpaired) electrons. The summed E-state index contributed by atoms with van der Waals surface area (Å²) in [6, 6.07) is 0. The molecule has 0 aromatic carbocycles. The summed E-state index contributed by atoms with van der Waals surface area (Å²) in [5, 5.41) is 20.8. The van der Waals surface area contributed by atoms with Crippen molar-refractivity contribution >= 4 is 23.5 Å². The van der Waals surface area contributed by atoms with Crippen molar-refractivity contribution in [3.05, 3.63) is 46.0 Å². The van der Waals surface area contributed by atoms with Gasteiger partial charge in [0.2, 0.25) is 0 Å². The number of imidazole rings is 1. The van der Waals surface area contributed by atoms with Crippen LogP contribution < -0.4 is 0 Å². The molecule has 0 spiro atoms. The maximum Gasteiger partial charge on any atom is 0.414 e. The Morgan fingerprint density at radius 2 is 2.35 bits per heavy atom. The summed E-state index contributed by atoms with van der Waals surface area (Å²) in [5.41, 5.74) is -1.47. The molecule has 23 heavy (non-hydrogen) atoms. The van der Waals surface area contributed by atoms with Crippen LogP contribution in [0, 0.1) is 10.1 Å². The number of carbonyl (C=O) groups is 1. The number of ether oxygens (including phenoxy) is 1. The average molecular weight is 343 g/mol. The molecule has 1 aliphatic rings. The van der Waals surface area contributed by atoms with Crippen molar-refractivity contribution in [1.82, 2.24) is 14.5 Å². The highest BCUT2D eigenvalue weighted by molar-refractivity contribution is 6.28. The Morgan fingerprint density at radius 3 is 2.91 bits per heavy atom. The zero-order valence-corrected chi connectivity index (χ0v) is 13.0. The Kier molecular flexibility index (Phi) is 5.02.